The molecule has 8 rings (SSSR count). The molecular formula is C88H122N20O23S. The number of aliphatic hydroxyl groups is 1. The highest BCUT2D eigenvalue weighted by Crippen LogP contribution is 2.30. The van der Waals surface area contributed by atoms with Crippen molar-refractivity contribution in [1.29, 1.82) is 0 Å². The van der Waals surface area contributed by atoms with Crippen LogP contribution in [-0.4, -0.2) is 317 Å². The molecule has 15 atom stereocenters. The number of carboxylic acid groups (broad SMARTS) is 2. The fraction of sp³-hybridized carbons (Fsp3) is 0.534. The molecule has 3 saturated heterocycles. The molecule has 0 spiro atoms. The molecule has 0 bridgehead atoms. The number of aromatic nitrogens is 2. The SMILES string of the molecule is CCCC[C@H]1C(=O)N(C)[C@@H](CCCC)C(=O)N[C@@H](C)C(=O)N[C@H](C(=O)NCC(N)=O)CSCC(=O)N[C@@H](Cc2ccc(O)cc2)C(=O)N(C)[C@@H](C)C(=O)N[C@@H](CC(N)=O)C(=O)N2CCC[C@H]2C(=O)N[C@@H](CN)C(=O)N[C@@H](CCC(=O)O)C(=O)N2C[C@H](O)C[C@H]2C(=O)C[C@@H](Cc2c[nH]c3ccccc23)C(=O)N[C@@H](CCN)C(=O)N[C@@H](Cc2cn(CC(=O)O)c3ccccc23)C(=O)N1C. The van der Waals surface area contributed by atoms with Crippen molar-refractivity contribution >= 4 is 146 Å². The highest BCUT2D eigenvalue weighted by molar-refractivity contribution is 8.00. The van der Waals surface area contributed by atoms with Crippen molar-refractivity contribution < 1.29 is 112 Å². The summed E-state index contributed by atoms with van der Waals surface area (Å²) in [5, 5.41) is 65.7. The largest absolute Gasteiger partial charge is 0.508 e. The van der Waals surface area contributed by atoms with E-state index in [-0.39, 0.29) is 70.2 Å². The van der Waals surface area contributed by atoms with E-state index in [1.165, 1.54) is 70.0 Å². The first-order valence-corrected chi connectivity index (χ1v) is 45.0. The van der Waals surface area contributed by atoms with Crippen LogP contribution in [0.1, 0.15) is 134 Å². The number of aliphatic hydroxyl groups excluding tert-OH is 1. The smallest absolute Gasteiger partial charge is 0.323 e. The lowest BCUT2D eigenvalue weighted by atomic mass is 9.90. The van der Waals surface area contributed by atoms with E-state index >= 15 is 28.8 Å². The van der Waals surface area contributed by atoms with Crippen LogP contribution in [0.25, 0.3) is 21.8 Å². The molecule has 2 aromatic heterocycles. The number of hydrogen-bond donors (Lipinski definition) is 18. The number of Topliss-reactive ketones (excluding diaryl/α,β-unsaturated/α-hetero) is 1. The van der Waals surface area contributed by atoms with Crippen molar-refractivity contribution in [3.63, 3.8) is 0 Å². The van der Waals surface area contributed by atoms with Gasteiger partial charge in [0.05, 0.1) is 30.9 Å². The number of aliphatic carboxylic acids is 2. The van der Waals surface area contributed by atoms with Crippen molar-refractivity contribution in [1.82, 2.24) is 81.9 Å². The average molecular weight is 1860 g/mol. The Balaban J connectivity index is 1.19. The molecule has 718 valence electrons. The molecular weight excluding hydrogens is 1740 g/mol. The standard InChI is InChI=1S/C88H122N20O23S/c1-8-10-20-66-82(125)95-47(3)76(119)102-64(79(122)94-41-72(92)113)45-132-46-73(114)96-60(33-49-24-26-53(109)27-25-49)84(127)103(5)48(4)77(120)99-62(38-71(91)112)87(130)107-32-16-23-67(107)83(126)101-63(39-90)81(124)98-59(28-29-74(115)116)86(129)108-43-54(110)37-69(108)70(111)36-50(34-51-40-93-57-19-14-12-17-55(51)57)78(121)97-58(30-31-89)80(123)100-61(85(128)105(7)68(21-11-9-2)88(131)104(66)6)35-52-42-106(44-75(117)118)65-22-15-13-18-56(52)65/h12-15,17-19,22,24-27,40,42,47-48,50,54,58-64,66-69,93,109-110H,8-11,16,20-21,23,28-39,41,43-46,89-90H2,1-7H3,(H2,91,112)(H2,92,113)(H,94,122)(H,95,125)(H,96,114)(H,97,121)(H,98,124)(H,99,120)(H,100,123)(H,101,126)(H,102,119)(H,115,116)(H,117,118)/t47-,48-,50+,54+,58-,59-,60-,61-,62-,63-,64-,66-,67-,68-,69-/m0/s1. The van der Waals surface area contributed by atoms with Gasteiger partial charge in [-0.1, -0.05) is 88.1 Å². The molecule has 0 saturated carbocycles. The summed E-state index contributed by atoms with van der Waals surface area (Å²) in [4.78, 5) is 280. The number of phenols is 1. The summed E-state index contributed by atoms with van der Waals surface area (Å²) in [5.41, 5.74) is 25.7. The number of fused-ring (bicyclic) bond motifs is 4. The minimum absolute atomic E-state index is 0.0109. The van der Waals surface area contributed by atoms with Crippen LogP contribution >= 0.6 is 11.8 Å². The van der Waals surface area contributed by atoms with Gasteiger partial charge < -0.3 is 125 Å². The van der Waals surface area contributed by atoms with Crippen LogP contribution < -0.4 is 70.8 Å². The zero-order valence-corrected chi connectivity index (χ0v) is 75.7. The number of likely N-dealkylation sites (N-methyl/N-ethyl adjacent to an activating group) is 3. The van der Waals surface area contributed by atoms with Gasteiger partial charge in [0, 0.05) is 119 Å². The van der Waals surface area contributed by atoms with E-state index in [0.717, 1.165) is 36.3 Å². The summed E-state index contributed by atoms with van der Waals surface area (Å²) in [7, 11) is 3.83. The first kappa shape index (κ1) is 104. The lowest BCUT2D eigenvalue weighted by Crippen LogP contribution is -2.61. The normalized spacial score (nSPS) is 25.1. The van der Waals surface area contributed by atoms with Crippen LogP contribution in [0.5, 0.6) is 5.75 Å². The molecule has 3 aliphatic rings. The molecule has 5 aromatic rings. The van der Waals surface area contributed by atoms with E-state index in [0.29, 0.717) is 64.2 Å². The monoisotopic (exact) mass is 1860 g/mol. The number of ketones is 1. The van der Waals surface area contributed by atoms with E-state index < -0.39 is 273 Å². The fourth-order valence-electron chi connectivity index (χ4n) is 16.3. The number of unbranched alkanes of at least 4 members (excludes halogenated alkanes) is 2. The molecule has 22 N–H and O–H groups in total. The Hall–Kier alpha value is -13.1. The van der Waals surface area contributed by atoms with E-state index in [9.17, 15) is 82.8 Å². The van der Waals surface area contributed by atoms with Gasteiger partial charge in [0.15, 0.2) is 5.78 Å². The number of nitrogens with two attached hydrogens (primary N) is 4. The number of H-pyrrole nitrogens is 1. The van der Waals surface area contributed by atoms with Crippen LogP contribution in [0.15, 0.2) is 85.2 Å². The molecule has 0 aliphatic carbocycles. The lowest BCUT2D eigenvalue weighted by Gasteiger charge is -2.36. The van der Waals surface area contributed by atoms with Crippen LogP contribution in [0.3, 0.4) is 0 Å². The molecule has 3 aromatic carbocycles. The maximum absolute atomic E-state index is 15.9. The van der Waals surface area contributed by atoms with E-state index in [4.69, 9.17) is 22.9 Å². The second-order valence-corrected chi connectivity index (χ2v) is 34.5. The van der Waals surface area contributed by atoms with Gasteiger partial charge in [0.2, 0.25) is 94.5 Å². The van der Waals surface area contributed by atoms with Crippen LogP contribution in [-0.2, 0) is 117 Å². The van der Waals surface area contributed by atoms with Crippen molar-refractivity contribution in [2.45, 2.75) is 228 Å². The number of aromatic amines is 1. The number of carboxylic acids is 2. The minimum atomic E-state index is -1.82. The zero-order valence-electron chi connectivity index (χ0n) is 74.9. The number of carbonyl (C=O) groups excluding carboxylic acids is 17. The number of amides is 16. The van der Waals surface area contributed by atoms with Crippen molar-refractivity contribution in [2.24, 2.45) is 28.9 Å². The number of thioether (sulfide) groups is 1. The lowest BCUT2D eigenvalue weighted by molar-refractivity contribution is -0.149. The predicted octanol–water partition coefficient (Wildman–Crippen LogP) is -3.36. The fourth-order valence-corrected chi connectivity index (χ4v) is 17.2. The third-order valence-corrected chi connectivity index (χ3v) is 24.8. The number of rotatable bonds is 25. The molecule has 0 unspecified atom stereocenters. The summed E-state index contributed by atoms with van der Waals surface area (Å²) in [6.45, 7) is 3.20. The number of benzene rings is 3. The molecule has 132 heavy (non-hydrogen) atoms. The number of primary amides is 2. The molecule has 44 heteroatoms. The Labute approximate surface area is 765 Å². The number of phenolic OH excluding ortho intramolecular Hbond substituents is 1. The number of hydrogen-bond acceptors (Lipinski definition) is 24. The first-order chi connectivity index (χ1) is 62.7. The van der Waals surface area contributed by atoms with Gasteiger partial charge in [-0.3, -0.25) is 91.1 Å². The van der Waals surface area contributed by atoms with Crippen LogP contribution in [0.4, 0.5) is 0 Å². The second kappa shape index (κ2) is 49.2. The summed E-state index contributed by atoms with van der Waals surface area (Å²) in [6.07, 6.45) is -1.39. The Morgan fingerprint density at radius 1 is 0.561 bits per heavy atom. The van der Waals surface area contributed by atoms with Gasteiger partial charge in [-0.25, -0.2) is 0 Å². The van der Waals surface area contributed by atoms with E-state index in [1.807, 2.05) is 13.8 Å². The van der Waals surface area contributed by atoms with Crippen molar-refractivity contribution in [2.75, 3.05) is 65.4 Å². The molecule has 5 heterocycles. The number of aromatic hydroxyl groups is 1. The molecule has 16 amide bonds. The number of para-hydroxylation sites is 2. The summed E-state index contributed by atoms with van der Waals surface area (Å²) in [5.74, 6) is -21.7. The third kappa shape index (κ3) is 28.5. The Kier molecular flexibility index (Phi) is 38.9. The highest BCUT2D eigenvalue weighted by Gasteiger charge is 2.47. The predicted molar refractivity (Wildman–Crippen MR) is 480 cm³/mol. The quantitative estimate of drug-likeness (QED) is 0.0271. The number of nitrogens with one attached hydrogen (secondary N) is 10. The Morgan fingerprint density at radius 3 is 1.82 bits per heavy atom. The molecule has 3 aliphatic heterocycles. The molecule has 3 fully saturated rings. The van der Waals surface area contributed by atoms with Crippen molar-refractivity contribution in [3.05, 3.63) is 102 Å². The van der Waals surface area contributed by atoms with Gasteiger partial charge in [0.1, 0.15) is 84.8 Å². The molecule has 43 nitrogen and oxygen atoms in total. The number of nitrogens with zero attached hydrogens (tertiary/aromatic N) is 6. The average Bonchev–Trinajstić information content (AvgIpc) is 1.64. The van der Waals surface area contributed by atoms with Gasteiger partial charge >= 0.3 is 11.9 Å². The minimum Gasteiger partial charge on any atom is -0.508 e. The maximum Gasteiger partial charge on any atom is 0.323 e. The number of carbonyl (C=O) groups is 19. The van der Waals surface area contributed by atoms with E-state index in [2.05, 4.69) is 52.8 Å². The van der Waals surface area contributed by atoms with Gasteiger partial charge in [0.25, 0.3) is 0 Å². The van der Waals surface area contributed by atoms with Crippen LogP contribution in [0, 0.1) is 5.92 Å². The van der Waals surface area contributed by atoms with Gasteiger partial charge in [-0.15, -0.1) is 11.8 Å². The van der Waals surface area contributed by atoms with E-state index in [1.54, 1.807) is 54.7 Å². The molecule has 0 radical (unpaired) electrons. The summed E-state index contributed by atoms with van der Waals surface area (Å²) >= 11 is 0.758. The zero-order chi connectivity index (χ0) is 97.1. The summed E-state index contributed by atoms with van der Waals surface area (Å²) < 4.78 is 1.42. The Bertz CT molecular complexity index is 5050. The topological polar surface area (TPSA) is 655 Å². The summed E-state index contributed by atoms with van der Waals surface area (Å²) in [6, 6.07) is -1.48. The third-order valence-electron chi connectivity index (χ3n) is 23.7. The van der Waals surface area contributed by atoms with Gasteiger partial charge in [-0.2, -0.15) is 0 Å². The second-order valence-electron chi connectivity index (χ2n) is 33.5. The van der Waals surface area contributed by atoms with Gasteiger partial charge in [-0.05, 0) is 106 Å². The first-order valence-electron chi connectivity index (χ1n) is 43.9. The highest BCUT2D eigenvalue weighted by atomic mass is 32.2. The maximum atomic E-state index is 15.9. The van der Waals surface area contributed by atoms with Crippen LogP contribution in [0.2, 0.25) is 0 Å². The van der Waals surface area contributed by atoms with Crippen molar-refractivity contribution in [3.8, 4) is 5.75 Å². The Morgan fingerprint density at radius 2 is 1.17 bits per heavy atom.